The van der Waals surface area contributed by atoms with E-state index in [0.717, 1.165) is 0 Å². The maximum absolute atomic E-state index is 12.1. The Hall–Kier alpha value is -1.59. The summed E-state index contributed by atoms with van der Waals surface area (Å²) < 4.78 is 15.2. The van der Waals surface area contributed by atoms with Gasteiger partial charge in [0.05, 0.1) is 14.2 Å². The van der Waals surface area contributed by atoms with E-state index < -0.39 is 23.6 Å². The number of methoxy groups -OCH3 is 2. The molecule has 2 atom stereocenters. The molecule has 0 aromatic heterocycles. The molecule has 0 spiro atoms. The predicted octanol–water partition coefficient (Wildman–Crippen LogP) is 2.06. The van der Waals surface area contributed by atoms with Crippen LogP contribution in [0.3, 0.4) is 0 Å². The number of benzene rings is 1. The molecule has 0 aliphatic carbocycles. The number of ether oxygens (including phenoxy) is 3. The minimum absolute atomic E-state index is 0.348. The van der Waals surface area contributed by atoms with E-state index in [1.54, 1.807) is 24.3 Å². The molecule has 1 aromatic rings. The van der Waals surface area contributed by atoms with Gasteiger partial charge >= 0.3 is 11.9 Å². The molecule has 0 N–H and O–H groups in total. The molecule has 0 saturated carbocycles. The van der Waals surface area contributed by atoms with Gasteiger partial charge in [-0.25, -0.2) is 9.59 Å². The largest absolute Gasteiger partial charge is 0.467 e. The Bertz CT molecular complexity index is 513. The van der Waals surface area contributed by atoms with Crippen molar-refractivity contribution in [2.45, 2.75) is 24.5 Å². The Morgan fingerprint density at radius 3 is 2.45 bits per heavy atom. The van der Waals surface area contributed by atoms with E-state index in [1.165, 1.54) is 14.2 Å². The Balaban J connectivity index is 2.36. The van der Waals surface area contributed by atoms with Gasteiger partial charge in [-0.05, 0) is 30.5 Å². The zero-order valence-electron chi connectivity index (χ0n) is 11.2. The van der Waals surface area contributed by atoms with Crippen molar-refractivity contribution in [2.75, 3.05) is 14.2 Å². The van der Waals surface area contributed by atoms with E-state index in [1.807, 2.05) is 0 Å². The van der Waals surface area contributed by atoms with Crippen molar-refractivity contribution in [3.63, 3.8) is 0 Å². The first-order valence-electron chi connectivity index (χ1n) is 6.13. The molecule has 5 nitrogen and oxygen atoms in total. The molecule has 2 rings (SSSR count). The predicted molar refractivity (Wildman–Crippen MR) is 71.3 cm³/mol. The van der Waals surface area contributed by atoms with Crippen molar-refractivity contribution in [2.24, 2.45) is 0 Å². The fourth-order valence-electron chi connectivity index (χ4n) is 2.36. The average molecular weight is 299 g/mol. The Morgan fingerprint density at radius 1 is 1.25 bits per heavy atom. The summed E-state index contributed by atoms with van der Waals surface area (Å²) in [5.74, 6) is -1.03. The fraction of sp³-hybridized carbons (Fsp3) is 0.429. The lowest BCUT2D eigenvalue weighted by Gasteiger charge is -2.26. The molecular formula is C14H15ClO5. The molecule has 0 amide bonds. The van der Waals surface area contributed by atoms with E-state index in [-0.39, 0.29) is 0 Å². The zero-order chi connectivity index (χ0) is 14.8. The molecule has 108 valence electrons. The normalized spacial score (nSPS) is 25.2. The number of hydrogen-bond acceptors (Lipinski definition) is 5. The second-order valence-electron chi connectivity index (χ2n) is 4.49. The highest BCUT2D eigenvalue weighted by atomic mass is 35.5. The van der Waals surface area contributed by atoms with Crippen molar-refractivity contribution in [3.05, 3.63) is 34.9 Å². The highest BCUT2D eigenvalue weighted by molar-refractivity contribution is 6.30. The van der Waals surface area contributed by atoms with Crippen molar-refractivity contribution in [1.82, 2.24) is 0 Å². The summed E-state index contributed by atoms with van der Waals surface area (Å²) >= 11 is 5.85. The van der Waals surface area contributed by atoms with Crippen LogP contribution in [0.5, 0.6) is 0 Å². The van der Waals surface area contributed by atoms with Crippen LogP contribution in [-0.4, -0.2) is 32.3 Å². The molecule has 20 heavy (non-hydrogen) atoms. The Labute approximate surface area is 121 Å². The van der Waals surface area contributed by atoms with Crippen LogP contribution >= 0.6 is 11.6 Å². The van der Waals surface area contributed by atoms with Crippen molar-refractivity contribution in [1.29, 1.82) is 0 Å². The van der Waals surface area contributed by atoms with Crippen LogP contribution in [-0.2, 0) is 29.4 Å². The molecule has 1 aliphatic heterocycles. The van der Waals surface area contributed by atoms with E-state index >= 15 is 0 Å². The first-order valence-corrected chi connectivity index (χ1v) is 6.51. The Morgan fingerprint density at radius 2 is 1.90 bits per heavy atom. The van der Waals surface area contributed by atoms with Crippen LogP contribution in [0, 0.1) is 0 Å². The van der Waals surface area contributed by atoms with Gasteiger partial charge in [0.25, 0.3) is 0 Å². The highest BCUT2D eigenvalue weighted by Crippen LogP contribution is 2.41. The SMILES string of the molecule is COC(=O)[C@H]1CC[C@](C(=O)OC)(c2ccc(Cl)cc2)O1. The molecule has 0 bridgehead atoms. The molecule has 1 fully saturated rings. The first kappa shape index (κ1) is 14.8. The van der Waals surface area contributed by atoms with Gasteiger partial charge in [-0.15, -0.1) is 0 Å². The van der Waals surface area contributed by atoms with Gasteiger partial charge in [0.15, 0.2) is 11.7 Å². The lowest BCUT2D eigenvalue weighted by atomic mass is 9.90. The summed E-state index contributed by atoms with van der Waals surface area (Å²) in [6, 6.07) is 6.71. The molecule has 1 aromatic carbocycles. The lowest BCUT2D eigenvalue weighted by Crippen LogP contribution is -2.38. The molecule has 0 unspecified atom stereocenters. The van der Waals surface area contributed by atoms with E-state index in [2.05, 4.69) is 4.74 Å². The number of esters is 2. The summed E-state index contributed by atoms with van der Waals surface area (Å²) in [5, 5.41) is 0.552. The standard InChI is InChI=1S/C14H15ClO5/c1-18-12(16)11-7-8-14(20-11,13(17)19-2)9-3-5-10(15)6-4-9/h3-6,11H,7-8H2,1-2H3/t11-,14-/m1/s1. The minimum Gasteiger partial charge on any atom is -0.467 e. The third-order valence-corrected chi connectivity index (χ3v) is 3.64. The van der Waals surface area contributed by atoms with Gasteiger partial charge in [-0.2, -0.15) is 0 Å². The molecule has 0 radical (unpaired) electrons. The van der Waals surface area contributed by atoms with Crippen molar-refractivity contribution in [3.8, 4) is 0 Å². The van der Waals surface area contributed by atoms with Gasteiger partial charge in [0, 0.05) is 5.02 Å². The van der Waals surface area contributed by atoms with Crippen molar-refractivity contribution < 1.29 is 23.8 Å². The maximum Gasteiger partial charge on any atom is 0.342 e. The summed E-state index contributed by atoms with van der Waals surface area (Å²) in [6.07, 6.45) is -0.0272. The molecule has 1 saturated heterocycles. The van der Waals surface area contributed by atoms with Gasteiger partial charge < -0.3 is 14.2 Å². The summed E-state index contributed by atoms with van der Waals surface area (Å²) in [6.45, 7) is 0. The zero-order valence-corrected chi connectivity index (χ0v) is 12.0. The van der Waals surface area contributed by atoms with E-state index in [9.17, 15) is 9.59 Å². The highest BCUT2D eigenvalue weighted by Gasteiger charge is 2.51. The number of hydrogen-bond donors (Lipinski definition) is 0. The third-order valence-electron chi connectivity index (χ3n) is 3.39. The van der Waals surface area contributed by atoms with Gasteiger partial charge in [0.2, 0.25) is 0 Å². The minimum atomic E-state index is -1.28. The number of carbonyl (C=O) groups excluding carboxylic acids is 2. The first-order chi connectivity index (χ1) is 9.53. The second kappa shape index (κ2) is 5.81. The van der Waals surface area contributed by atoms with Crippen molar-refractivity contribution >= 4 is 23.5 Å². The maximum atomic E-state index is 12.1. The monoisotopic (exact) mass is 298 g/mol. The fourth-order valence-corrected chi connectivity index (χ4v) is 2.48. The summed E-state index contributed by atoms with van der Waals surface area (Å²) in [4.78, 5) is 23.7. The lowest BCUT2D eigenvalue weighted by molar-refractivity contribution is -0.176. The Kier molecular flexibility index (Phi) is 4.30. The smallest absolute Gasteiger partial charge is 0.342 e. The number of rotatable bonds is 3. The van der Waals surface area contributed by atoms with Crippen LogP contribution in [0.25, 0.3) is 0 Å². The van der Waals surface area contributed by atoms with Crippen LogP contribution in [0.15, 0.2) is 24.3 Å². The summed E-state index contributed by atoms with van der Waals surface area (Å²) in [7, 11) is 2.57. The van der Waals surface area contributed by atoms with Gasteiger partial charge in [-0.3, -0.25) is 0 Å². The molecular weight excluding hydrogens is 284 g/mol. The molecule has 1 aliphatic rings. The number of carbonyl (C=O) groups is 2. The van der Waals surface area contributed by atoms with Crippen LogP contribution in [0.2, 0.25) is 5.02 Å². The van der Waals surface area contributed by atoms with E-state index in [4.69, 9.17) is 21.1 Å². The second-order valence-corrected chi connectivity index (χ2v) is 4.93. The molecule has 1 heterocycles. The van der Waals surface area contributed by atoms with E-state index in [0.29, 0.717) is 23.4 Å². The van der Waals surface area contributed by atoms with Crippen LogP contribution < -0.4 is 0 Å². The topological polar surface area (TPSA) is 61.8 Å². The molecule has 6 heteroatoms. The third kappa shape index (κ3) is 2.51. The number of halogens is 1. The van der Waals surface area contributed by atoms with Crippen LogP contribution in [0.4, 0.5) is 0 Å². The van der Waals surface area contributed by atoms with Crippen LogP contribution in [0.1, 0.15) is 18.4 Å². The quantitative estimate of drug-likeness (QED) is 0.799. The van der Waals surface area contributed by atoms with Gasteiger partial charge in [0.1, 0.15) is 0 Å². The van der Waals surface area contributed by atoms with Gasteiger partial charge in [-0.1, -0.05) is 23.7 Å². The summed E-state index contributed by atoms with van der Waals surface area (Å²) in [5.41, 5.74) is -0.668. The average Bonchev–Trinajstić information content (AvgIpc) is 2.92.